The van der Waals surface area contributed by atoms with Gasteiger partial charge in [-0.15, -0.1) is 0 Å². The summed E-state index contributed by atoms with van der Waals surface area (Å²) in [5, 5.41) is 52.1. The van der Waals surface area contributed by atoms with Gasteiger partial charge in [-0.25, -0.2) is 0 Å². The van der Waals surface area contributed by atoms with E-state index in [1.54, 1.807) is 0 Å². The molecule has 0 aliphatic heterocycles. The minimum atomic E-state index is -1.62. The second kappa shape index (κ2) is 9.60. The van der Waals surface area contributed by atoms with E-state index in [4.69, 9.17) is 17.3 Å². The van der Waals surface area contributed by atoms with Crippen LogP contribution in [0.1, 0.15) is 10.4 Å². The van der Waals surface area contributed by atoms with Crippen LogP contribution < -0.4 is 5.73 Å². The first-order valence-corrected chi connectivity index (χ1v) is 7.65. The van der Waals surface area contributed by atoms with E-state index in [0.717, 1.165) is 0 Å². The minimum Gasteiger partial charge on any atom is -0.393 e. The third-order valence-electron chi connectivity index (χ3n) is 3.31. The molecule has 0 fully saturated rings. The van der Waals surface area contributed by atoms with Gasteiger partial charge in [0.15, 0.2) is 0 Å². The summed E-state index contributed by atoms with van der Waals surface area (Å²) in [5.74, 6) is 0. The zero-order valence-corrected chi connectivity index (χ0v) is 15.3. The quantitative estimate of drug-likeness (QED) is 0.283. The molecule has 0 saturated carbocycles. The number of benzene rings is 2. The van der Waals surface area contributed by atoms with Gasteiger partial charge in [-0.2, -0.15) is 0 Å². The summed E-state index contributed by atoms with van der Waals surface area (Å²) in [7, 11) is 0. The lowest BCUT2D eigenvalue weighted by Gasteiger charge is -2.00. The fourth-order valence-electron chi connectivity index (χ4n) is 2.05. The Morgan fingerprint density at radius 3 is 1.48 bits per heavy atom. The van der Waals surface area contributed by atoms with E-state index < -0.39 is 58.3 Å². The van der Waals surface area contributed by atoms with Gasteiger partial charge in [0.2, 0.25) is 0 Å². The molecular formula is C13H7ClN6O11. The van der Waals surface area contributed by atoms with Gasteiger partial charge in [-0.05, 0) is 23.7 Å². The van der Waals surface area contributed by atoms with Crippen molar-refractivity contribution in [1.82, 2.24) is 0 Å². The molecule has 31 heavy (non-hydrogen) atoms. The fourth-order valence-corrected chi connectivity index (χ4v) is 2.18. The summed E-state index contributed by atoms with van der Waals surface area (Å²) >= 11 is 5.13. The Morgan fingerprint density at radius 2 is 1.16 bits per heavy atom. The molecule has 0 aromatic heterocycles. The van der Waals surface area contributed by atoms with Crippen LogP contribution in [-0.4, -0.2) is 29.9 Å². The highest BCUT2D eigenvalue weighted by Gasteiger charge is 2.45. The maximum absolute atomic E-state index is 10.7. The number of nitro groups is 5. The molecule has 2 aromatic rings. The number of nitrogen functional groups attached to an aromatic ring is 1. The smallest absolute Gasteiger partial charge is 0.393 e. The Morgan fingerprint density at radius 1 is 0.710 bits per heavy atom. The van der Waals surface area contributed by atoms with Gasteiger partial charge in [0, 0.05) is 17.7 Å². The average molecular weight is 459 g/mol. The van der Waals surface area contributed by atoms with Crippen LogP contribution >= 0.6 is 11.6 Å². The molecule has 0 aliphatic rings. The maximum atomic E-state index is 10.7. The van der Waals surface area contributed by atoms with Gasteiger partial charge in [0.1, 0.15) is 5.69 Å². The molecule has 2 aromatic carbocycles. The Hall–Kier alpha value is -4.80. The molecule has 0 amide bonds. The van der Waals surface area contributed by atoms with Crippen molar-refractivity contribution in [2.45, 2.75) is 0 Å². The van der Waals surface area contributed by atoms with Gasteiger partial charge in [-0.3, -0.25) is 55.4 Å². The van der Waals surface area contributed by atoms with Crippen LogP contribution in [0.25, 0.3) is 0 Å². The first-order valence-electron chi connectivity index (χ1n) is 7.27. The van der Waals surface area contributed by atoms with Crippen LogP contribution in [0.3, 0.4) is 0 Å². The molecular weight excluding hydrogens is 452 g/mol. The zero-order chi connectivity index (χ0) is 24.0. The van der Waals surface area contributed by atoms with Gasteiger partial charge < -0.3 is 5.73 Å². The molecule has 0 saturated heterocycles. The SMILES string of the molecule is Nc1cc([N+](=O)[O-])c([N+](=O)[O-])c([N+](=O)[O-])c1[N+](=O)[O-].O=C(Cl)c1ccc([N+](=O)[O-])cc1. The van der Waals surface area contributed by atoms with Crippen LogP contribution in [0.4, 0.5) is 34.1 Å². The Balaban J connectivity index is 0.000000343. The molecule has 0 spiro atoms. The van der Waals surface area contributed by atoms with Crippen LogP contribution in [0, 0.1) is 50.6 Å². The van der Waals surface area contributed by atoms with Crippen molar-refractivity contribution >= 4 is 51.0 Å². The maximum Gasteiger partial charge on any atom is 0.432 e. The number of carbonyl (C=O) groups is 1. The topological polar surface area (TPSA) is 259 Å². The zero-order valence-electron chi connectivity index (χ0n) is 14.6. The van der Waals surface area contributed by atoms with E-state index in [9.17, 15) is 55.4 Å². The van der Waals surface area contributed by atoms with Gasteiger partial charge in [-0.1, -0.05) is 0 Å². The highest BCUT2D eigenvalue weighted by atomic mass is 35.5. The second-order valence-corrected chi connectivity index (χ2v) is 5.48. The average Bonchev–Trinajstić information content (AvgIpc) is 2.66. The summed E-state index contributed by atoms with van der Waals surface area (Å²) in [5.41, 5.74) is -1.48. The van der Waals surface area contributed by atoms with Crippen molar-refractivity contribution in [2.24, 2.45) is 0 Å². The molecule has 0 radical (unpaired) electrons. The monoisotopic (exact) mass is 458 g/mol. The van der Waals surface area contributed by atoms with Crippen LogP contribution in [0.5, 0.6) is 0 Å². The first kappa shape index (κ1) is 24.2. The third kappa shape index (κ3) is 5.60. The number of halogens is 1. The van der Waals surface area contributed by atoms with Crippen molar-refractivity contribution < 1.29 is 29.4 Å². The molecule has 0 heterocycles. The second-order valence-electron chi connectivity index (χ2n) is 5.14. The molecule has 0 atom stereocenters. The van der Waals surface area contributed by atoms with Crippen molar-refractivity contribution in [2.75, 3.05) is 5.73 Å². The summed E-state index contributed by atoms with van der Waals surface area (Å²) < 4.78 is 0. The Kier molecular flexibility index (Phi) is 7.51. The van der Waals surface area contributed by atoms with Crippen LogP contribution in [0.2, 0.25) is 0 Å². The van der Waals surface area contributed by atoms with Gasteiger partial charge >= 0.3 is 22.7 Å². The fraction of sp³-hybridized carbons (Fsp3) is 0. The van der Waals surface area contributed by atoms with Crippen molar-refractivity contribution in [3.63, 3.8) is 0 Å². The Bertz CT molecular complexity index is 1080. The molecule has 17 nitrogen and oxygen atoms in total. The summed E-state index contributed by atoms with van der Waals surface area (Å²) in [4.78, 5) is 57.2. The number of non-ortho nitro benzene ring substituents is 1. The number of rotatable bonds is 6. The van der Waals surface area contributed by atoms with E-state index in [1.165, 1.54) is 24.3 Å². The lowest BCUT2D eigenvalue weighted by Crippen LogP contribution is -2.07. The lowest BCUT2D eigenvalue weighted by atomic mass is 10.1. The predicted octanol–water partition coefficient (Wildman–Crippen LogP) is 2.88. The number of nitro benzene ring substituents is 5. The van der Waals surface area contributed by atoms with E-state index in [0.29, 0.717) is 6.07 Å². The van der Waals surface area contributed by atoms with Crippen molar-refractivity contribution in [3.05, 3.63) is 86.5 Å². The summed E-state index contributed by atoms with van der Waals surface area (Å²) in [6.45, 7) is 0. The lowest BCUT2D eigenvalue weighted by molar-refractivity contribution is -0.451. The minimum absolute atomic E-state index is 0.0586. The largest absolute Gasteiger partial charge is 0.432 e. The number of nitrogens with zero attached hydrogens (tertiary/aromatic N) is 5. The van der Waals surface area contributed by atoms with E-state index in [2.05, 4.69) is 0 Å². The van der Waals surface area contributed by atoms with Gasteiger partial charge in [0.25, 0.3) is 10.9 Å². The van der Waals surface area contributed by atoms with E-state index >= 15 is 0 Å². The number of hydrogen-bond donors (Lipinski definition) is 1. The molecule has 0 unspecified atom stereocenters. The summed E-state index contributed by atoms with van der Waals surface area (Å²) in [6, 6.07) is 5.43. The standard InChI is InChI=1S/C7H4ClNO3.C6H3N5O8/c8-7(10)5-1-3-6(4-2-5)9(11)12;7-2-1-3(8(12)13)5(10(16)17)6(11(18)19)4(2)9(14)15/h1-4H;1H,7H2. The number of nitrogens with two attached hydrogens (primary N) is 1. The molecule has 162 valence electrons. The molecule has 0 aliphatic carbocycles. The van der Waals surface area contributed by atoms with Crippen molar-refractivity contribution in [3.8, 4) is 0 Å². The first-order chi connectivity index (χ1) is 14.3. The molecule has 0 bridgehead atoms. The number of hydrogen-bond acceptors (Lipinski definition) is 12. The molecule has 2 N–H and O–H groups in total. The van der Waals surface area contributed by atoms with Gasteiger partial charge in [0.05, 0.1) is 30.7 Å². The van der Waals surface area contributed by atoms with Crippen LogP contribution in [-0.2, 0) is 0 Å². The highest BCUT2D eigenvalue weighted by Crippen LogP contribution is 2.46. The number of anilines is 1. The highest BCUT2D eigenvalue weighted by molar-refractivity contribution is 6.67. The molecule has 2 rings (SSSR count). The third-order valence-corrected chi connectivity index (χ3v) is 3.52. The number of carbonyl (C=O) groups excluding carboxylic acids is 1. The van der Waals surface area contributed by atoms with E-state index in [1.807, 2.05) is 0 Å². The normalized spacial score (nSPS) is 9.71. The predicted molar refractivity (Wildman–Crippen MR) is 101 cm³/mol. The van der Waals surface area contributed by atoms with Crippen molar-refractivity contribution in [1.29, 1.82) is 0 Å². The van der Waals surface area contributed by atoms with Crippen LogP contribution in [0.15, 0.2) is 30.3 Å². The summed E-state index contributed by atoms with van der Waals surface area (Å²) in [6.07, 6.45) is 0. The molecule has 18 heteroatoms. The van der Waals surface area contributed by atoms with E-state index in [-0.39, 0.29) is 11.3 Å². The Labute approximate surface area is 173 Å².